The van der Waals surface area contributed by atoms with E-state index in [0.29, 0.717) is 25.1 Å². The van der Waals surface area contributed by atoms with Gasteiger partial charge in [0.2, 0.25) is 0 Å². The summed E-state index contributed by atoms with van der Waals surface area (Å²) >= 11 is 0. The van der Waals surface area contributed by atoms with Gasteiger partial charge in [-0.25, -0.2) is 0 Å². The summed E-state index contributed by atoms with van der Waals surface area (Å²) in [5.41, 5.74) is 0. The number of esters is 1. The number of carbonyl (C=O) groups is 1. The number of hydrogen-bond acceptors (Lipinski definition) is 3. The molecule has 1 fully saturated rings. The molecule has 0 radical (unpaired) electrons. The van der Waals surface area contributed by atoms with Crippen molar-refractivity contribution in [1.82, 2.24) is 4.90 Å². The molecule has 1 rings (SSSR count). The number of nitrogens with zero attached hydrogens (tertiary/aromatic N) is 1. The topological polar surface area (TPSA) is 29.5 Å². The van der Waals surface area contributed by atoms with E-state index in [9.17, 15) is 4.79 Å². The molecule has 100 valence electrons. The highest BCUT2D eigenvalue weighted by Gasteiger charge is 2.24. The molecule has 0 unspecified atom stereocenters. The number of hydrogen-bond donors (Lipinski definition) is 0. The first-order chi connectivity index (χ1) is 8.13. The minimum atomic E-state index is -0.0665. The van der Waals surface area contributed by atoms with Gasteiger partial charge in [-0.2, -0.15) is 0 Å². The fourth-order valence-corrected chi connectivity index (χ4v) is 2.46. The summed E-state index contributed by atoms with van der Waals surface area (Å²) in [7, 11) is 0. The second kappa shape index (κ2) is 7.70. The van der Waals surface area contributed by atoms with Crippen LogP contribution in [0.25, 0.3) is 0 Å². The first-order valence-electron chi connectivity index (χ1n) is 7.03. The number of rotatable bonds is 7. The van der Waals surface area contributed by atoms with Crippen molar-refractivity contribution in [3.05, 3.63) is 0 Å². The minimum absolute atomic E-state index is 0.0665. The highest BCUT2D eigenvalue weighted by Crippen LogP contribution is 2.24. The van der Waals surface area contributed by atoms with Crippen LogP contribution in [0, 0.1) is 5.92 Å². The van der Waals surface area contributed by atoms with Gasteiger partial charge in [0.1, 0.15) is 0 Å². The van der Waals surface area contributed by atoms with Gasteiger partial charge in [-0.1, -0.05) is 26.7 Å². The van der Waals surface area contributed by atoms with Crippen molar-refractivity contribution in [1.29, 1.82) is 0 Å². The molecule has 1 aliphatic rings. The molecule has 0 heterocycles. The van der Waals surface area contributed by atoms with Gasteiger partial charge < -0.3 is 4.74 Å². The van der Waals surface area contributed by atoms with E-state index in [4.69, 9.17) is 4.74 Å². The van der Waals surface area contributed by atoms with E-state index in [1.165, 1.54) is 25.7 Å². The number of ether oxygens (including phenoxy) is 1. The van der Waals surface area contributed by atoms with Crippen LogP contribution < -0.4 is 0 Å². The Hall–Kier alpha value is -0.570. The number of carbonyl (C=O) groups excluding carboxylic acids is 1. The summed E-state index contributed by atoms with van der Waals surface area (Å²) in [6, 6.07) is 0.609. The third-order valence-electron chi connectivity index (χ3n) is 3.47. The summed E-state index contributed by atoms with van der Waals surface area (Å²) in [5.74, 6) is 0.629. The molecule has 0 amide bonds. The summed E-state index contributed by atoms with van der Waals surface area (Å²) < 4.78 is 5.06. The zero-order valence-corrected chi connectivity index (χ0v) is 11.6. The lowest BCUT2D eigenvalue weighted by Crippen LogP contribution is -2.39. The van der Waals surface area contributed by atoms with Crippen molar-refractivity contribution in [2.75, 3.05) is 19.7 Å². The third-order valence-corrected chi connectivity index (χ3v) is 3.47. The van der Waals surface area contributed by atoms with Crippen molar-refractivity contribution in [2.45, 2.75) is 58.9 Å². The van der Waals surface area contributed by atoms with Crippen LogP contribution in [-0.4, -0.2) is 36.6 Å². The molecule has 0 spiro atoms. The Bertz CT molecular complexity index is 222. The van der Waals surface area contributed by atoms with Crippen LogP contribution >= 0.6 is 0 Å². The Labute approximate surface area is 106 Å². The fourth-order valence-electron chi connectivity index (χ4n) is 2.46. The molecule has 1 aliphatic carbocycles. The highest BCUT2D eigenvalue weighted by atomic mass is 16.5. The lowest BCUT2D eigenvalue weighted by atomic mass is 10.1. The molecule has 3 nitrogen and oxygen atoms in total. The molecule has 0 N–H and O–H groups in total. The molecular formula is C14H27NO2. The van der Waals surface area contributed by atoms with Gasteiger partial charge in [-0.3, -0.25) is 9.69 Å². The van der Waals surface area contributed by atoms with E-state index in [-0.39, 0.29) is 5.97 Å². The van der Waals surface area contributed by atoms with Crippen molar-refractivity contribution in [2.24, 2.45) is 5.92 Å². The van der Waals surface area contributed by atoms with E-state index >= 15 is 0 Å². The van der Waals surface area contributed by atoms with Crippen LogP contribution in [-0.2, 0) is 9.53 Å². The van der Waals surface area contributed by atoms with E-state index in [1.54, 1.807) is 0 Å². The summed E-state index contributed by atoms with van der Waals surface area (Å²) in [6.45, 7) is 8.33. The van der Waals surface area contributed by atoms with E-state index in [1.807, 2.05) is 6.92 Å². The zero-order chi connectivity index (χ0) is 12.7. The fraction of sp³-hybridized carbons (Fsp3) is 0.929. The molecule has 3 heteroatoms. The minimum Gasteiger partial charge on any atom is -0.465 e. The first kappa shape index (κ1) is 14.5. The van der Waals surface area contributed by atoms with Crippen molar-refractivity contribution < 1.29 is 9.53 Å². The SMILES string of the molecule is CCOC(=O)CN(CCC(C)C)C1CCCC1. The standard InChI is InChI=1S/C14H27NO2/c1-4-17-14(16)11-15(10-9-12(2)3)13-7-5-6-8-13/h12-13H,4-11H2,1-3H3. The predicted octanol–water partition coefficient (Wildman–Crippen LogP) is 2.84. The Balaban J connectivity index is 2.42. The molecule has 0 aromatic carbocycles. The van der Waals surface area contributed by atoms with Gasteiger partial charge in [0.05, 0.1) is 13.2 Å². The van der Waals surface area contributed by atoms with Crippen LogP contribution in [0.1, 0.15) is 52.9 Å². The molecule has 0 saturated heterocycles. The zero-order valence-electron chi connectivity index (χ0n) is 11.6. The largest absolute Gasteiger partial charge is 0.465 e. The normalized spacial score (nSPS) is 17.0. The quantitative estimate of drug-likeness (QED) is 0.642. The summed E-state index contributed by atoms with van der Waals surface area (Å²) in [5, 5.41) is 0. The van der Waals surface area contributed by atoms with Crippen molar-refractivity contribution in [3.63, 3.8) is 0 Å². The van der Waals surface area contributed by atoms with Crippen LogP contribution in [0.4, 0.5) is 0 Å². The summed E-state index contributed by atoms with van der Waals surface area (Å²) in [4.78, 5) is 13.9. The van der Waals surface area contributed by atoms with Gasteiger partial charge in [0.15, 0.2) is 0 Å². The van der Waals surface area contributed by atoms with Crippen LogP contribution in [0.5, 0.6) is 0 Å². The van der Waals surface area contributed by atoms with Crippen molar-refractivity contribution >= 4 is 5.97 Å². The molecule has 0 atom stereocenters. The lowest BCUT2D eigenvalue weighted by molar-refractivity contribution is -0.145. The van der Waals surface area contributed by atoms with Crippen molar-refractivity contribution in [3.8, 4) is 0 Å². The van der Waals surface area contributed by atoms with Gasteiger partial charge in [-0.05, 0) is 38.6 Å². The van der Waals surface area contributed by atoms with Gasteiger partial charge >= 0.3 is 5.97 Å². The Morgan fingerprint density at radius 2 is 2.00 bits per heavy atom. The highest BCUT2D eigenvalue weighted by molar-refractivity contribution is 5.71. The average Bonchev–Trinajstić information content (AvgIpc) is 2.77. The maximum absolute atomic E-state index is 11.6. The third kappa shape index (κ3) is 5.53. The van der Waals surface area contributed by atoms with E-state index < -0.39 is 0 Å². The molecule has 0 aliphatic heterocycles. The second-order valence-corrected chi connectivity index (χ2v) is 5.40. The molecular weight excluding hydrogens is 214 g/mol. The molecule has 17 heavy (non-hydrogen) atoms. The smallest absolute Gasteiger partial charge is 0.320 e. The second-order valence-electron chi connectivity index (χ2n) is 5.40. The Morgan fingerprint density at radius 1 is 1.35 bits per heavy atom. The van der Waals surface area contributed by atoms with Gasteiger partial charge in [-0.15, -0.1) is 0 Å². The first-order valence-corrected chi connectivity index (χ1v) is 7.03. The monoisotopic (exact) mass is 241 g/mol. The van der Waals surface area contributed by atoms with Crippen LogP contribution in [0.15, 0.2) is 0 Å². The average molecular weight is 241 g/mol. The Morgan fingerprint density at radius 3 is 2.53 bits per heavy atom. The lowest BCUT2D eigenvalue weighted by Gasteiger charge is -2.28. The Kier molecular flexibility index (Phi) is 6.56. The maximum Gasteiger partial charge on any atom is 0.320 e. The van der Waals surface area contributed by atoms with Crippen LogP contribution in [0.3, 0.4) is 0 Å². The molecule has 0 aromatic rings. The van der Waals surface area contributed by atoms with E-state index in [0.717, 1.165) is 13.0 Å². The molecule has 0 aromatic heterocycles. The maximum atomic E-state index is 11.6. The molecule has 1 saturated carbocycles. The predicted molar refractivity (Wildman–Crippen MR) is 69.9 cm³/mol. The van der Waals surface area contributed by atoms with Gasteiger partial charge in [0, 0.05) is 6.04 Å². The van der Waals surface area contributed by atoms with E-state index in [2.05, 4.69) is 18.7 Å². The molecule has 0 bridgehead atoms. The summed E-state index contributed by atoms with van der Waals surface area (Å²) in [6.07, 6.45) is 6.28. The van der Waals surface area contributed by atoms with Gasteiger partial charge in [0.25, 0.3) is 0 Å². The van der Waals surface area contributed by atoms with Crippen LogP contribution in [0.2, 0.25) is 0 Å².